The first-order valence-corrected chi connectivity index (χ1v) is 9.42. The van der Waals surface area contributed by atoms with E-state index in [1.54, 1.807) is 24.4 Å². The molecule has 5 nitrogen and oxygen atoms in total. The number of rotatable bonds is 4. The van der Waals surface area contributed by atoms with Crippen LogP contribution in [0.25, 0.3) is 5.76 Å². The van der Waals surface area contributed by atoms with Crippen LogP contribution in [0, 0.1) is 5.82 Å². The van der Waals surface area contributed by atoms with Gasteiger partial charge in [0.2, 0.25) is 0 Å². The molecule has 1 atom stereocenters. The molecule has 1 saturated heterocycles. The van der Waals surface area contributed by atoms with E-state index in [0.29, 0.717) is 5.69 Å². The number of benzene rings is 1. The minimum Gasteiger partial charge on any atom is -0.507 e. The van der Waals surface area contributed by atoms with Gasteiger partial charge in [0.05, 0.1) is 17.8 Å². The number of hydrogen-bond acceptors (Lipinski definition) is 5. The van der Waals surface area contributed by atoms with Crippen LogP contribution in [-0.4, -0.2) is 26.7 Å². The van der Waals surface area contributed by atoms with E-state index in [4.69, 9.17) is 0 Å². The highest BCUT2D eigenvalue weighted by Gasteiger charge is 2.46. The van der Waals surface area contributed by atoms with Gasteiger partial charge in [0.25, 0.3) is 11.7 Å². The number of aliphatic hydroxyl groups is 1. The van der Waals surface area contributed by atoms with Crippen molar-refractivity contribution in [3.05, 3.63) is 93.7 Å². The summed E-state index contributed by atoms with van der Waals surface area (Å²) in [6.07, 6.45) is 1.62. The molecule has 0 aliphatic carbocycles. The molecule has 7 heteroatoms. The van der Waals surface area contributed by atoms with Crippen molar-refractivity contribution in [3.8, 4) is 0 Å². The summed E-state index contributed by atoms with van der Waals surface area (Å²) in [7, 11) is 0. The molecular weight excluding hydrogens is 379 g/mol. The van der Waals surface area contributed by atoms with Crippen molar-refractivity contribution < 1.29 is 19.1 Å². The predicted molar refractivity (Wildman–Crippen MR) is 103 cm³/mol. The number of Topliss-reactive ketones (excluding diaryl/α,β-unsaturated/α-hetero) is 1. The Morgan fingerprint density at radius 1 is 1.11 bits per heavy atom. The number of ketones is 1. The van der Waals surface area contributed by atoms with Crippen LogP contribution in [0.3, 0.4) is 0 Å². The fourth-order valence-corrected chi connectivity index (χ4v) is 4.06. The minimum atomic E-state index is -0.767. The maximum Gasteiger partial charge on any atom is 0.296 e. The maximum absolute atomic E-state index is 13.2. The first-order chi connectivity index (χ1) is 13.6. The van der Waals surface area contributed by atoms with Crippen LogP contribution in [0.2, 0.25) is 0 Å². The van der Waals surface area contributed by atoms with Crippen molar-refractivity contribution >= 4 is 28.8 Å². The fraction of sp³-hybridized carbons (Fsp3) is 0.0952. The van der Waals surface area contributed by atoms with Crippen molar-refractivity contribution in [2.45, 2.75) is 12.6 Å². The second kappa shape index (κ2) is 7.36. The molecule has 1 aliphatic rings. The molecular formula is C21H15FN2O3S. The van der Waals surface area contributed by atoms with Gasteiger partial charge in [-0.1, -0.05) is 12.1 Å². The van der Waals surface area contributed by atoms with Gasteiger partial charge in [0, 0.05) is 16.6 Å². The van der Waals surface area contributed by atoms with Gasteiger partial charge < -0.3 is 10.0 Å². The number of aromatic nitrogens is 1. The summed E-state index contributed by atoms with van der Waals surface area (Å²) < 4.78 is 13.2. The normalized spacial score (nSPS) is 18.6. The summed E-state index contributed by atoms with van der Waals surface area (Å²) in [5, 5.41) is 12.6. The molecule has 3 aromatic rings. The number of aliphatic hydroxyl groups excluding tert-OH is 1. The lowest BCUT2D eigenvalue weighted by molar-refractivity contribution is -0.140. The molecule has 140 valence electrons. The number of thiophene rings is 1. The second-order valence-corrected chi connectivity index (χ2v) is 7.25. The first kappa shape index (κ1) is 18.1. The standard InChI is InChI=1S/C21H15FN2O3S/c22-14-8-6-13(7-9-14)19(25)17-18(16-5-3-11-28-16)24(21(27)20(17)26)12-15-4-1-2-10-23-15/h1-11,18,25H,12H2/b19-17-. The number of pyridine rings is 1. The molecule has 0 saturated carbocycles. The van der Waals surface area contributed by atoms with E-state index in [-0.39, 0.29) is 23.4 Å². The number of amides is 1. The molecule has 3 heterocycles. The molecule has 2 aromatic heterocycles. The highest BCUT2D eigenvalue weighted by molar-refractivity contribution is 7.10. The van der Waals surface area contributed by atoms with E-state index in [1.807, 2.05) is 17.5 Å². The lowest BCUT2D eigenvalue weighted by atomic mass is 10.00. The van der Waals surface area contributed by atoms with Crippen molar-refractivity contribution in [2.24, 2.45) is 0 Å². The van der Waals surface area contributed by atoms with E-state index in [2.05, 4.69) is 4.98 Å². The molecule has 1 N–H and O–H groups in total. The Bertz CT molecular complexity index is 1050. The molecule has 0 radical (unpaired) electrons. The first-order valence-electron chi connectivity index (χ1n) is 8.54. The van der Waals surface area contributed by atoms with Crippen molar-refractivity contribution in [1.82, 2.24) is 9.88 Å². The zero-order chi connectivity index (χ0) is 19.7. The Labute approximate surface area is 164 Å². The van der Waals surface area contributed by atoms with Crippen molar-refractivity contribution in [2.75, 3.05) is 0 Å². The summed E-state index contributed by atoms with van der Waals surface area (Å²) in [6.45, 7) is 0.133. The molecule has 1 unspecified atom stereocenters. The van der Waals surface area contributed by atoms with Crippen LogP contribution in [0.1, 0.15) is 22.2 Å². The molecule has 0 spiro atoms. The highest BCUT2D eigenvalue weighted by atomic mass is 32.1. The Morgan fingerprint density at radius 2 is 1.89 bits per heavy atom. The van der Waals surface area contributed by atoms with Gasteiger partial charge in [-0.15, -0.1) is 11.3 Å². The number of hydrogen-bond donors (Lipinski definition) is 1. The average Bonchev–Trinajstić information content (AvgIpc) is 3.32. The second-order valence-electron chi connectivity index (χ2n) is 6.27. The SMILES string of the molecule is O=C1C(=O)N(Cc2ccccn2)C(c2cccs2)/C1=C(/O)c1ccc(F)cc1. The van der Waals surface area contributed by atoms with Crippen LogP contribution in [0.5, 0.6) is 0 Å². The Kier molecular flexibility index (Phi) is 4.75. The van der Waals surface area contributed by atoms with Gasteiger partial charge in [-0.05, 0) is 47.8 Å². The average molecular weight is 394 g/mol. The lowest BCUT2D eigenvalue weighted by Crippen LogP contribution is -2.29. The number of halogens is 1. The van der Waals surface area contributed by atoms with E-state index in [0.717, 1.165) is 4.88 Å². The van der Waals surface area contributed by atoms with E-state index in [1.165, 1.54) is 40.5 Å². The molecule has 1 aliphatic heterocycles. The predicted octanol–water partition coefficient (Wildman–Crippen LogP) is 3.90. The number of nitrogens with zero attached hydrogens (tertiary/aromatic N) is 2. The summed E-state index contributed by atoms with van der Waals surface area (Å²) in [5.74, 6) is -2.24. The van der Waals surface area contributed by atoms with Gasteiger partial charge in [-0.2, -0.15) is 0 Å². The molecule has 0 bridgehead atoms. The molecule has 28 heavy (non-hydrogen) atoms. The van der Waals surface area contributed by atoms with Crippen LogP contribution < -0.4 is 0 Å². The Morgan fingerprint density at radius 3 is 2.54 bits per heavy atom. The molecule has 1 fully saturated rings. The van der Waals surface area contributed by atoms with E-state index in [9.17, 15) is 19.1 Å². The third kappa shape index (κ3) is 3.20. The summed E-state index contributed by atoms with van der Waals surface area (Å²) in [6, 6.07) is 13.4. The van der Waals surface area contributed by atoms with Gasteiger partial charge in [-0.3, -0.25) is 14.6 Å². The van der Waals surface area contributed by atoms with Crippen LogP contribution in [0.4, 0.5) is 4.39 Å². The Balaban J connectivity index is 1.83. The molecule has 1 aromatic carbocycles. The quantitative estimate of drug-likeness (QED) is 0.414. The number of likely N-dealkylation sites (tertiary alicyclic amines) is 1. The third-order valence-corrected chi connectivity index (χ3v) is 5.45. The summed E-state index contributed by atoms with van der Waals surface area (Å²) in [4.78, 5) is 31.9. The summed E-state index contributed by atoms with van der Waals surface area (Å²) >= 11 is 1.39. The fourth-order valence-electron chi connectivity index (χ4n) is 3.22. The third-order valence-electron chi connectivity index (χ3n) is 4.53. The monoisotopic (exact) mass is 394 g/mol. The Hall–Kier alpha value is -3.32. The zero-order valence-electron chi connectivity index (χ0n) is 14.6. The largest absolute Gasteiger partial charge is 0.507 e. The summed E-state index contributed by atoms with van der Waals surface area (Å²) in [5.41, 5.74) is 0.904. The molecule has 4 rings (SSSR count). The topological polar surface area (TPSA) is 70.5 Å². The minimum absolute atomic E-state index is 0.00464. The van der Waals surface area contributed by atoms with Crippen LogP contribution >= 0.6 is 11.3 Å². The van der Waals surface area contributed by atoms with Gasteiger partial charge in [0.1, 0.15) is 17.6 Å². The smallest absolute Gasteiger partial charge is 0.296 e. The van der Waals surface area contributed by atoms with E-state index >= 15 is 0 Å². The number of carbonyl (C=O) groups is 2. The van der Waals surface area contributed by atoms with Crippen LogP contribution in [-0.2, 0) is 16.1 Å². The molecule has 1 amide bonds. The zero-order valence-corrected chi connectivity index (χ0v) is 15.4. The van der Waals surface area contributed by atoms with Gasteiger partial charge in [-0.25, -0.2) is 4.39 Å². The van der Waals surface area contributed by atoms with Crippen LogP contribution in [0.15, 0.2) is 71.7 Å². The van der Waals surface area contributed by atoms with Crippen molar-refractivity contribution in [1.29, 1.82) is 0 Å². The van der Waals surface area contributed by atoms with Crippen molar-refractivity contribution in [3.63, 3.8) is 0 Å². The number of carbonyl (C=O) groups excluding carboxylic acids is 2. The van der Waals surface area contributed by atoms with Gasteiger partial charge in [0.15, 0.2) is 0 Å². The maximum atomic E-state index is 13.2. The lowest BCUT2D eigenvalue weighted by Gasteiger charge is -2.23. The van der Waals surface area contributed by atoms with Gasteiger partial charge >= 0.3 is 0 Å². The highest BCUT2D eigenvalue weighted by Crippen LogP contribution is 2.41. The van der Waals surface area contributed by atoms with E-state index < -0.39 is 23.5 Å².